The average Bonchev–Trinajstić information content (AvgIpc) is 2.66. The predicted octanol–water partition coefficient (Wildman–Crippen LogP) is -0.871. The maximum atomic E-state index is 12.2. The van der Waals surface area contributed by atoms with Crippen LogP contribution in [-0.4, -0.2) is 66.2 Å². The van der Waals surface area contributed by atoms with E-state index in [0.717, 1.165) is 19.5 Å². The van der Waals surface area contributed by atoms with Gasteiger partial charge in [0.25, 0.3) is 5.91 Å². The zero-order chi connectivity index (χ0) is 19.6. The first kappa shape index (κ1) is 20.2. The second-order valence-electron chi connectivity index (χ2n) is 5.94. The van der Waals surface area contributed by atoms with Crippen LogP contribution in [0.2, 0.25) is 0 Å². The minimum absolute atomic E-state index is 0.332. The van der Waals surface area contributed by atoms with E-state index >= 15 is 0 Å². The van der Waals surface area contributed by atoms with Gasteiger partial charge in [0.2, 0.25) is 5.91 Å². The lowest BCUT2D eigenvalue weighted by Gasteiger charge is -2.16. The van der Waals surface area contributed by atoms with E-state index in [1.54, 1.807) is 24.3 Å². The fourth-order valence-corrected chi connectivity index (χ4v) is 2.40. The molecule has 10 heteroatoms. The van der Waals surface area contributed by atoms with Crippen molar-refractivity contribution in [2.45, 2.75) is 18.9 Å². The number of aliphatic hydroxyl groups is 1. The van der Waals surface area contributed by atoms with Crippen LogP contribution < -0.4 is 21.3 Å². The number of aliphatic hydroxyl groups excluding tert-OH is 1. The Kier molecular flexibility index (Phi) is 7.56. The highest BCUT2D eigenvalue weighted by atomic mass is 16.4. The van der Waals surface area contributed by atoms with Gasteiger partial charge >= 0.3 is 5.97 Å². The zero-order valence-electron chi connectivity index (χ0n) is 14.7. The SMILES string of the molecule is O=C(O)C[C@@H](CO)NC(=O)CNC(=O)c1cccc(NC2=NCCCN2)c1. The highest BCUT2D eigenvalue weighted by Crippen LogP contribution is 2.11. The number of rotatable bonds is 8. The molecule has 0 unspecified atom stereocenters. The van der Waals surface area contributed by atoms with Gasteiger partial charge in [-0.15, -0.1) is 0 Å². The molecule has 0 aliphatic carbocycles. The number of nitrogens with one attached hydrogen (secondary N) is 4. The Balaban J connectivity index is 1.86. The number of aliphatic carboxylic acids is 1. The molecule has 2 amide bonds. The number of aliphatic imine (C=N–C) groups is 1. The van der Waals surface area contributed by atoms with Crippen molar-refractivity contribution in [3.8, 4) is 0 Å². The molecule has 0 saturated carbocycles. The molecule has 1 heterocycles. The van der Waals surface area contributed by atoms with Crippen molar-refractivity contribution in [3.63, 3.8) is 0 Å². The van der Waals surface area contributed by atoms with Crippen molar-refractivity contribution in [3.05, 3.63) is 29.8 Å². The smallest absolute Gasteiger partial charge is 0.305 e. The van der Waals surface area contributed by atoms with Crippen LogP contribution in [0.15, 0.2) is 29.3 Å². The first-order valence-electron chi connectivity index (χ1n) is 8.53. The third-order valence-corrected chi connectivity index (χ3v) is 3.70. The van der Waals surface area contributed by atoms with E-state index in [2.05, 4.69) is 26.3 Å². The largest absolute Gasteiger partial charge is 0.481 e. The number of carbonyl (C=O) groups excluding carboxylic acids is 2. The van der Waals surface area contributed by atoms with Crippen LogP contribution in [-0.2, 0) is 9.59 Å². The van der Waals surface area contributed by atoms with Crippen LogP contribution in [0.3, 0.4) is 0 Å². The summed E-state index contributed by atoms with van der Waals surface area (Å²) in [5.41, 5.74) is 1.04. The number of carboxylic acid groups (broad SMARTS) is 1. The van der Waals surface area contributed by atoms with Crippen molar-refractivity contribution in [1.29, 1.82) is 0 Å². The van der Waals surface area contributed by atoms with Crippen molar-refractivity contribution < 1.29 is 24.6 Å². The van der Waals surface area contributed by atoms with Crippen molar-refractivity contribution in [2.24, 2.45) is 4.99 Å². The zero-order valence-corrected chi connectivity index (χ0v) is 14.7. The number of carbonyl (C=O) groups is 3. The number of hydrogen-bond acceptors (Lipinski definition) is 7. The van der Waals surface area contributed by atoms with E-state index in [9.17, 15) is 14.4 Å². The third kappa shape index (κ3) is 6.94. The molecule has 0 bridgehead atoms. The van der Waals surface area contributed by atoms with Crippen LogP contribution in [0.25, 0.3) is 0 Å². The van der Waals surface area contributed by atoms with E-state index in [0.29, 0.717) is 17.2 Å². The lowest BCUT2D eigenvalue weighted by atomic mass is 10.2. The molecule has 27 heavy (non-hydrogen) atoms. The minimum Gasteiger partial charge on any atom is -0.481 e. The van der Waals surface area contributed by atoms with Gasteiger partial charge in [0, 0.05) is 24.3 Å². The molecule has 0 aromatic heterocycles. The Hall–Kier alpha value is -3.14. The van der Waals surface area contributed by atoms with E-state index in [-0.39, 0.29) is 6.54 Å². The number of anilines is 1. The quantitative estimate of drug-likeness (QED) is 0.344. The normalized spacial score (nSPS) is 14.3. The highest BCUT2D eigenvalue weighted by Gasteiger charge is 2.16. The topological polar surface area (TPSA) is 152 Å². The molecule has 1 aliphatic heterocycles. The van der Waals surface area contributed by atoms with Crippen molar-refractivity contribution in [1.82, 2.24) is 16.0 Å². The highest BCUT2D eigenvalue weighted by molar-refractivity contribution is 5.99. The second-order valence-corrected chi connectivity index (χ2v) is 5.94. The Morgan fingerprint density at radius 2 is 2.11 bits per heavy atom. The summed E-state index contributed by atoms with van der Waals surface area (Å²) < 4.78 is 0. The fraction of sp³-hybridized carbons (Fsp3) is 0.412. The summed E-state index contributed by atoms with van der Waals surface area (Å²) in [7, 11) is 0. The number of benzene rings is 1. The molecule has 0 spiro atoms. The molecule has 2 rings (SSSR count). The Morgan fingerprint density at radius 3 is 2.78 bits per heavy atom. The first-order chi connectivity index (χ1) is 13.0. The predicted molar refractivity (Wildman–Crippen MR) is 98.6 cm³/mol. The van der Waals surface area contributed by atoms with Gasteiger partial charge < -0.3 is 31.5 Å². The van der Waals surface area contributed by atoms with Crippen LogP contribution in [0.5, 0.6) is 0 Å². The van der Waals surface area contributed by atoms with Crippen LogP contribution >= 0.6 is 0 Å². The minimum atomic E-state index is -1.14. The van der Waals surface area contributed by atoms with Gasteiger partial charge in [0.15, 0.2) is 5.96 Å². The van der Waals surface area contributed by atoms with E-state index in [1.165, 1.54) is 0 Å². The molecule has 1 aromatic rings. The van der Waals surface area contributed by atoms with Crippen LogP contribution in [0.1, 0.15) is 23.2 Å². The van der Waals surface area contributed by atoms with Gasteiger partial charge in [0.1, 0.15) is 0 Å². The van der Waals surface area contributed by atoms with Crippen LogP contribution in [0, 0.1) is 0 Å². The maximum absolute atomic E-state index is 12.2. The fourth-order valence-electron chi connectivity index (χ4n) is 2.40. The van der Waals surface area contributed by atoms with E-state index in [1.807, 2.05) is 0 Å². The van der Waals surface area contributed by atoms with Gasteiger partial charge in [-0.25, -0.2) is 0 Å². The van der Waals surface area contributed by atoms with E-state index in [4.69, 9.17) is 10.2 Å². The molecule has 0 saturated heterocycles. The Morgan fingerprint density at radius 1 is 1.30 bits per heavy atom. The lowest BCUT2D eigenvalue weighted by Crippen LogP contribution is -2.44. The summed E-state index contributed by atoms with van der Waals surface area (Å²) in [5, 5.41) is 28.8. The van der Waals surface area contributed by atoms with Gasteiger partial charge in [-0.3, -0.25) is 19.4 Å². The monoisotopic (exact) mass is 377 g/mol. The van der Waals surface area contributed by atoms with Crippen molar-refractivity contribution >= 4 is 29.4 Å². The number of guanidine groups is 1. The summed E-state index contributed by atoms with van der Waals surface area (Å²) in [6, 6.07) is 5.83. The molecule has 1 aromatic carbocycles. The molecular formula is C17H23N5O5. The summed E-state index contributed by atoms with van der Waals surface area (Å²) >= 11 is 0. The maximum Gasteiger partial charge on any atom is 0.305 e. The van der Waals surface area contributed by atoms with Gasteiger partial charge in [-0.1, -0.05) is 6.07 Å². The number of amides is 2. The van der Waals surface area contributed by atoms with E-state index < -0.39 is 36.9 Å². The molecule has 6 N–H and O–H groups in total. The summed E-state index contributed by atoms with van der Waals surface area (Å²) in [6.07, 6.45) is 0.571. The molecular weight excluding hydrogens is 354 g/mol. The van der Waals surface area contributed by atoms with Gasteiger partial charge in [-0.2, -0.15) is 0 Å². The lowest BCUT2D eigenvalue weighted by molar-refractivity contribution is -0.138. The van der Waals surface area contributed by atoms with Gasteiger partial charge in [0.05, 0.1) is 25.6 Å². The third-order valence-electron chi connectivity index (χ3n) is 3.70. The number of carboxylic acids is 1. The molecule has 146 valence electrons. The molecule has 1 atom stereocenters. The Bertz CT molecular complexity index is 721. The van der Waals surface area contributed by atoms with Crippen molar-refractivity contribution in [2.75, 3.05) is 31.6 Å². The first-order valence-corrected chi connectivity index (χ1v) is 8.53. The molecule has 1 aliphatic rings. The summed E-state index contributed by atoms with van der Waals surface area (Å²) in [5.74, 6) is -1.53. The Labute approximate surface area is 156 Å². The second kappa shape index (κ2) is 10.1. The molecule has 10 nitrogen and oxygen atoms in total. The summed E-state index contributed by atoms with van der Waals surface area (Å²) in [6.45, 7) is 0.734. The van der Waals surface area contributed by atoms with Gasteiger partial charge in [-0.05, 0) is 24.6 Å². The average molecular weight is 377 g/mol. The van der Waals surface area contributed by atoms with Crippen LogP contribution in [0.4, 0.5) is 5.69 Å². The molecule has 0 fully saturated rings. The number of hydrogen-bond donors (Lipinski definition) is 6. The summed E-state index contributed by atoms with van der Waals surface area (Å²) in [4.78, 5) is 38.9. The number of nitrogens with zero attached hydrogens (tertiary/aromatic N) is 1. The standard InChI is InChI=1S/C17H23N5O5/c23-10-13(8-15(25)26)21-14(24)9-20-16(27)11-3-1-4-12(7-11)22-17-18-5-2-6-19-17/h1,3-4,7,13,23H,2,5-6,8-10H2,(H,20,27)(H,21,24)(H,25,26)(H2,18,19,22)/t13-/m0/s1. The molecule has 0 radical (unpaired) electrons.